The first-order valence-electron chi connectivity index (χ1n) is 4.87. The van der Waals surface area contributed by atoms with Gasteiger partial charge in [-0.1, -0.05) is 41.9 Å². The Kier molecular flexibility index (Phi) is 3.27. The molecule has 2 rings (SSSR count). The van der Waals surface area contributed by atoms with Crippen molar-refractivity contribution in [2.45, 2.75) is 4.90 Å². The average molecular weight is 263 g/mol. The fourth-order valence-corrected chi connectivity index (χ4v) is 2.26. The number of benzene rings is 2. The van der Waals surface area contributed by atoms with Gasteiger partial charge in [0.05, 0.1) is 4.90 Å². The standard InChI is InChI=1S/C12H8BClO2S/c13-11-5-1-9(2-6-11)10-3-7-12(8-4-10)17(14,15)16/h1-8H. The summed E-state index contributed by atoms with van der Waals surface area (Å²) in [4.78, 5) is 0.0957. The highest BCUT2D eigenvalue weighted by molar-refractivity contribution is 8.13. The van der Waals surface area contributed by atoms with E-state index >= 15 is 0 Å². The molecule has 0 spiro atoms. The molecule has 0 N–H and O–H groups in total. The molecule has 2 aromatic rings. The molecule has 0 saturated carbocycles. The molecule has 17 heavy (non-hydrogen) atoms. The zero-order chi connectivity index (χ0) is 12.5. The van der Waals surface area contributed by atoms with E-state index in [9.17, 15) is 8.42 Å². The van der Waals surface area contributed by atoms with Gasteiger partial charge in [0.25, 0.3) is 9.05 Å². The summed E-state index contributed by atoms with van der Waals surface area (Å²) in [5, 5.41) is 0. The normalized spacial score (nSPS) is 11.4. The Hall–Kier alpha value is -1.26. The van der Waals surface area contributed by atoms with Crippen molar-refractivity contribution < 1.29 is 8.42 Å². The third-order valence-corrected chi connectivity index (χ3v) is 3.75. The van der Waals surface area contributed by atoms with Crippen LogP contribution in [0.4, 0.5) is 0 Å². The van der Waals surface area contributed by atoms with Gasteiger partial charge in [-0.2, -0.15) is 0 Å². The van der Waals surface area contributed by atoms with Gasteiger partial charge in [-0.15, -0.1) is 0 Å². The van der Waals surface area contributed by atoms with Gasteiger partial charge in [-0.25, -0.2) is 8.42 Å². The largest absolute Gasteiger partial charge is 0.261 e. The quantitative estimate of drug-likeness (QED) is 0.613. The Morgan fingerprint density at radius 3 is 1.65 bits per heavy atom. The van der Waals surface area contributed by atoms with Crippen molar-refractivity contribution >= 4 is 33.0 Å². The van der Waals surface area contributed by atoms with Crippen LogP contribution in [0.15, 0.2) is 53.4 Å². The molecule has 5 heteroatoms. The first-order valence-corrected chi connectivity index (χ1v) is 7.18. The lowest BCUT2D eigenvalue weighted by atomic mass is 9.94. The molecule has 0 atom stereocenters. The maximum absolute atomic E-state index is 11.1. The molecule has 0 fully saturated rings. The van der Waals surface area contributed by atoms with Crippen LogP contribution in [0.1, 0.15) is 0 Å². The third kappa shape index (κ3) is 2.90. The predicted molar refractivity (Wildman–Crippen MR) is 70.3 cm³/mol. The van der Waals surface area contributed by atoms with Crippen LogP contribution in [-0.2, 0) is 9.05 Å². The van der Waals surface area contributed by atoms with Crippen molar-refractivity contribution in [2.75, 3.05) is 0 Å². The van der Waals surface area contributed by atoms with Crippen LogP contribution >= 0.6 is 10.7 Å². The van der Waals surface area contributed by atoms with Gasteiger partial charge in [0, 0.05) is 10.7 Å². The number of rotatable bonds is 2. The summed E-state index contributed by atoms with van der Waals surface area (Å²) in [7, 11) is 7.17. The first kappa shape index (κ1) is 12.2. The molecule has 0 amide bonds. The molecule has 0 aliphatic heterocycles. The maximum atomic E-state index is 11.1. The van der Waals surface area contributed by atoms with Crippen molar-refractivity contribution in [3.63, 3.8) is 0 Å². The van der Waals surface area contributed by atoms with Gasteiger partial charge >= 0.3 is 0 Å². The van der Waals surface area contributed by atoms with Crippen LogP contribution in [0.2, 0.25) is 0 Å². The lowest BCUT2D eigenvalue weighted by molar-refractivity contribution is 0.609. The summed E-state index contributed by atoms with van der Waals surface area (Å²) < 4.78 is 22.1. The molecule has 84 valence electrons. The minimum atomic E-state index is -3.66. The lowest BCUT2D eigenvalue weighted by Crippen LogP contribution is -1.99. The molecule has 2 radical (unpaired) electrons. The number of halogens is 1. The molecular formula is C12H8BClO2S. The first-order chi connectivity index (χ1) is 7.97. The van der Waals surface area contributed by atoms with Gasteiger partial charge in [0.15, 0.2) is 0 Å². The number of hydrogen-bond donors (Lipinski definition) is 0. The zero-order valence-corrected chi connectivity index (χ0v) is 10.4. The Labute approximate surface area is 106 Å². The van der Waals surface area contributed by atoms with E-state index < -0.39 is 9.05 Å². The van der Waals surface area contributed by atoms with E-state index in [2.05, 4.69) is 0 Å². The molecule has 0 aliphatic rings. The Morgan fingerprint density at radius 2 is 1.24 bits per heavy atom. The molecular weight excluding hydrogens is 254 g/mol. The van der Waals surface area contributed by atoms with Crippen LogP contribution in [0.25, 0.3) is 11.1 Å². The second-order valence-electron chi connectivity index (χ2n) is 3.58. The molecule has 0 saturated heterocycles. The van der Waals surface area contributed by atoms with E-state index in [0.29, 0.717) is 5.46 Å². The highest BCUT2D eigenvalue weighted by atomic mass is 35.7. The fourth-order valence-electron chi connectivity index (χ4n) is 1.49. The molecule has 0 unspecified atom stereocenters. The van der Waals surface area contributed by atoms with E-state index in [1.165, 1.54) is 12.1 Å². The third-order valence-electron chi connectivity index (χ3n) is 2.38. The highest BCUT2D eigenvalue weighted by Gasteiger charge is 2.09. The minimum Gasteiger partial charge on any atom is -0.207 e. The Balaban J connectivity index is 2.39. The van der Waals surface area contributed by atoms with Crippen LogP contribution in [0.5, 0.6) is 0 Å². The summed E-state index contributed by atoms with van der Waals surface area (Å²) in [6.45, 7) is 0. The monoisotopic (exact) mass is 262 g/mol. The molecule has 0 aliphatic carbocycles. The van der Waals surface area contributed by atoms with Crippen molar-refractivity contribution in [3.8, 4) is 11.1 Å². The van der Waals surface area contributed by atoms with Crippen molar-refractivity contribution in [2.24, 2.45) is 0 Å². The van der Waals surface area contributed by atoms with Crippen LogP contribution in [0.3, 0.4) is 0 Å². The van der Waals surface area contributed by atoms with E-state index in [0.717, 1.165) is 11.1 Å². The topological polar surface area (TPSA) is 34.1 Å². The van der Waals surface area contributed by atoms with Crippen molar-refractivity contribution in [3.05, 3.63) is 48.5 Å². The smallest absolute Gasteiger partial charge is 0.207 e. The van der Waals surface area contributed by atoms with Crippen LogP contribution in [0, 0.1) is 0 Å². The second-order valence-corrected chi connectivity index (χ2v) is 6.15. The summed E-state index contributed by atoms with van der Waals surface area (Å²) in [5.74, 6) is 0. The predicted octanol–water partition coefficient (Wildman–Crippen LogP) is 2.07. The van der Waals surface area contributed by atoms with E-state index in [1.807, 2.05) is 12.1 Å². The number of hydrogen-bond acceptors (Lipinski definition) is 2. The average Bonchev–Trinajstić information content (AvgIpc) is 2.29. The van der Waals surface area contributed by atoms with Gasteiger partial charge in [-0.3, -0.25) is 0 Å². The molecule has 0 heterocycles. The maximum Gasteiger partial charge on any atom is 0.261 e. The minimum absolute atomic E-state index is 0.0957. The molecule has 0 bridgehead atoms. The Bertz CT molecular complexity index is 619. The van der Waals surface area contributed by atoms with Gasteiger partial charge in [0.2, 0.25) is 0 Å². The zero-order valence-electron chi connectivity index (χ0n) is 8.80. The van der Waals surface area contributed by atoms with Crippen molar-refractivity contribution in [1.29, 1.82) is 0 Å². The second kappa shape index (κ2) is 4.55. The lowest BCUT2D eigenvalue weighted by Gasteiger charge is -2.03. The van der Waals surface area contributed by atoms with Gasteiger partial charge < -0.3 is 0 Å². The fraction of sp³-hybridized carbons (Fsp3) is 0. The summed E-state index contributed by atoms with van der Waals surface area (Å²) in [5.41, 5.74) is 2.57. The van der Waals surface area contributed by atoms with Crippen LogP contribution < -0.4 is 5.46 Å². The summed E-state index contributed by atoms with van der Waals surface area (Å²) in [6, 6.07) is 13.7. The van der Waals surface area contributed by atoms with E-state index in [-0.39, 0.29) is 4.90 Å². The molecule has 0 aromatic heterocycles. The van der Waals surface area contributed by atoms with Gasteiger partial charge in [0.1, 0.15) is 7.85 Å². The summed E-state index contributed by atoms with van der Waals surface area (Å²) >= 11 is 0. The molecule has 2 nitrogen and oxygen atoms in total. The van der Waals surface area contributed by atoms with E-state index in [4.69, 9.17) is 18.5 Å². The molecule has 2 aromatic carbocycles. The SMILES string of the molecule is [B]c1ccc(-c2ccc(S(=O)(=O)Cl)cc2)cc1. The van der Waals surface area contributed by atoms with E-state index in [1.54, 1.807) is 24.3 Å². The van der Waals surface area contributed by atoms with Gasteiger partial charge in [-0.05, 0) is 23.3 Å². The van der Waals surface area contributed by atoms with Crippen LogP contribution in [-0.4, -0.2) is 16.3 Å². The van der Waals surface area contributed by atoms with Crippen molar-refractivity contribution in [1.82, 2.24) is 0 Å². The summed E-state index contributed by atoms with van der Waals surface area (Å²) in [6.07, 6.45) is 0. The highest BCUT2D eigenvalue weighted by Crippen LogP contribution is 2.22. The Morgan fingerprint density at radius 1 is 0.824 bits per heavy atom.